The minimum atomic E-state index is -1.35. The quantitative estimate of drug-likeness (QED) is 0.372. The predicted octanol–water partition coefficient (Wildman–Crippen LogP) is -1.21. The highest BCUT2D eigenvalue weighted by molar-refractivity contribution is 6.35. The number of carboxylic acid groups (broad SMARTS) is 1. The molecule has 2 N–H and O–H groups in total. The van der Waals surface area contributed by atoms with Crippen molar-refractivity contribution in [2.24, 2.45) is 5.10 Å². The van der Waals surface area contributed by atoms with E-state index in [1.54, 1.807) is 24.3 Å². The van der Waals surface area contributed by atoms with Gasteiger partial charge in [-0.15, -0.1) is 0 Å². The Morgan fingerprint density at radius 3 is 2.68 bits per heavy atom. The molecule has 0 aliphatic carbocycles. The average Bonchev–Trinajstić information content (AvgIpc) is 2.51. The first kappa shape index (κ1) is 17.2. The molecule has 1 rings (SSSR count). The topological polar surface area (TPSA) is 120 Å². The molecule has 8 heteroatoms. The van der Waals surface area contributed by atoms with Crippen LogP contribution < -0.4 is 20.6 Å². The fraction of sp³-hybridized carbons (Fsp3) is 0.286. The van der Waals surface area contributed by atoms with Gasteiger partial charge in [0.1, 0.15) is 12.4 Å². The van der Waals surface area contributed by atoms with Crippen LogP contribution in [-0.4, -0.2) is 37.1 Å². The summed E-state index contributed by atoms with van der Waals surface area (Å²) in [6.45, 7) is 1.66. The first-order valence-corrected chi connectivity index (χ1v) is 6.57. The summed E-state index contributed by atoms with van der Waals surface area (Å²) in [5.41, 5.74) is 2.51. The third kappa shape index (κ3) is 6.04. The Morgan fingerprint density at radius 1 is 1.27 bits per heavy atom. The van der Waals surface area contributed by atoms with Crippen LogP contribution in [-0.2, 0) is 14.4 Å². The van der Waals surface area contributed by atoms with Crippen LogP contribution in [0.3, 0.4) is 0 Å². The minimum Gasteiger partial charge on any atom is -0.546 e. The monoisotopic (exact) mass is 306 g/mol. The molecule has 118 valence electrons. The second-order valence-electron chi connectivity index (χ2n) is 4.15. The summed E-state index contributed by atoms with van der Waals surface area (Å²) in [5.74, 6) is -2.76. The number of carbonyl (C=O) groups excluding carboxylic acids is 3. The van der Waals surface area contributed by atoms with Crippen molar-refractivity contribution in [3.8, 4) is 5.75 Å². The standard InChI is InChI=1S/C14H17N3O5/c1-2-7-15-13(20)14(21)17-16-8-10-5-3-4-6-11(10)22-9-12(18)19/h3-6,8H,2,7,9H2,1H3,(H,15,20)(H,17,21)(H,18,19)/p-1/b16-8-. The van der Waals surface area contributed by atoms with Gasteiger partial charge >= 0.3 is 11.8 Å². The van der Waals surface area contributed by atoms with Gasteiger partial charge in [0.05, 0.1) is 12.2 Å². The Hall–Kier alpha value is -2.90. The van der Waals surface area contributed by atoms with Gasteiger partial charge in [-0.05, 0) is 18.6 Å². The largest absolute Gasteiger partial charge is 0.546 e. The summed E-state index contributed by atoms with van der Waals surface area (Å²) in [5, 5.41) is 16.4. The number of nitrogens with one attached hydrogen (secondary N) is 2. The molecule has 22 heavy (non-hydrogen) atoms. The van der Waals surface area contributed by atoms with Gasteiger partial charge < -0.3 is 20.0 Å². The molecule has 2 amide bonds. The number of ether oxygens (including phenoxy) is 1. The molecule has 1 aromatic rings. The van der Waals surface area contributed by atoms with Crippen molar-refractivity contribution in [3.63, 3.8) is 0 Å². The van der Waals surface area contributed by atoms with Crippen molar-refractivity contribution in [2.75, 3.05) is 13.2 Å². The van der Waals surface area contributed by atoms with E-state index in [0.29, 0.717) is 18.5 Å². The molecular weight excluding hydrogens is 290 g/mol. The van der Waals surface area contributed by atoms with E-state index >= 15 is 0 Å². The number of hydrogen-bond donors (Lipinski definition) is 2. The Morgan fingerprint density at radius 2 is 2.00 bits per heavy atom. The van der Waals surface area contributed by atoms with Crippen molar-refractivity contribution in [1.82, 2.24) is 10.7 Å². The fourth-order valence-corrected chi connectivity index (χ4v) is 1.39. The number of carbonyl (C=O) groups is 3. The van der Waals surface area contributed by atoms with Gasteiger partial charge in [-0.25, -0.2) is 5.43 Å². The summed E-state index contributed by atoms with van der Waals surface area (Å²) >= 11 is 0. The Balaban J connectivity index is 2.60. The lowest BCUT2D eigenvalue weighted by atomic mass is 10.2. The van der Waals surface area contributed by atoms with E-state index in [4.69, 9.17) is 4.74 Å². The summed E-state index contributed by atoms with van der Waals surface area (Å²) in [4.78, 5) is 33.1. The number of amides is 2. The Bertz CT molecular complexity index is 571. The summed E-state index contributed by atoms with van der Waals surface area (Å²) < 4.78 is 5.01. The maximum atomic E-state index is 11.4. The van der Waals surface area contributed by atoms with Gasteiger partial charge in [0.25, 0.3) is 0 Å². The van der Waals surface area contributed by atoms with Crippen LogP contribution in [0.1, 0.15) is 18.9 Å². The number of hydrogen-bond acceptors (Lipinski definition) is 6. The number of rotatable bonds is 7. The average molecular weight is 306 g/mol. The van der Waals surface area contributed by atoms with Gasteiger partial charge in [-0.2, -0.15) is 5.10 Å². The molecule has 0 bridgehead atoms. The van der Waals surface area contributed by atoms with Gasteiger partial charge in [0.2, 0.25) is 0 Å². The molecule has 0 aliphatic rings. The van der Waals surface area contributed by atoms with Gasteiger partial charge in [-0.3, -0.25) is 9.59 Å². The molecule has 0 fully saturated rings. The first-order chi connectivity index (χ1) is 10.5. The van der Waals surface area contributed by atoms with Crippen molar-refractivity contribution < 1.29 is 24.2 Å². The molecular formula is C14H16N3O5-. The smallest absolute Gasteiger partial charge is 0.329 e. The molecule has 0 atom stereocenters. The lowest BCUT2D eigenvalue weighted by molar-refractivity contribution is -0.307. The number of benzene rings is 1. The molecule has 1 aromatic carbocycles. The molecule has 0 saturated carbocycles. The van der Waals surface area contributed by atoms with Gasteiger partial charge in [0.15, 0.2) is 0 Å². The molecule has 0 spiro atoms. The van der Waals surface area contributed by atoms with E-state index in [9.17, 15) is 19.5 Å². The highest BCUT2D eigenvalue weighted by Gasteiger charge is 2.10. The van der Waals surface area contributed by atoms with Crippen LogP contribution in [0.4, 0.5) is 0 Å². The van der Waals surface area contributed by atoms with Crippen LogP contribution >= 0.6 is 0 Å². The molecule has 0 radical (unpaired) electrons. The molecule has 0 saturated heterocycles. The summed E-state index contributed by atoms with van der Waals surface area (Å²) in [7, 11) is 0. The van der Waals surface area contributed by atoms with Crippen LogP contribution in [0.25, 0.3) is 0 Å². The Kier molecular flexibility index (Phi) is 7.10. The zero-order valence-electron chi connectivity index (χ0n) is 12.0. The number of para-hydroxylation sites is 1. The first-order valence-electron chi connectivity index (χ1n) is 6.57. The summed E-state index contributed by atoms with van der Waals surface area (Å²) in [6.07, 6.45) is 1.96. The van der Waals surface area contributed by atoms with E-state index < -0.39 is 24.4 Å². The minimum absolute atomic E-state index is 0.264. The highest BCUT2D eigenvalue weighted by atomic mass is 16.5. The van der Waals surface area contributed by atoms with Gasteiger partial charge in [0, 0.05) is 12.1 Å². The maximum absolute atomic E-state index is 11.4. The van der Waals surface area contributed by atoms with Crippen molar-refractivity contribution >= 4 is 24.0 Å². The zero-order chi connectivity index (χ0) is 16.4. The number of carboxylic acids is 1. The number of hydrazone groups is 1. The highest BCUT2D eigenvalue weighted by Crippen LogP contribution is 2.15. The van der Waals surface area contributed by atoms with E-state index in [1.165, 1.54) is 6.21 Å². The van der Waals surface area contributed by atoms with Gasteiger partial charge in [-0.1, -0.05) is 19.1 Å². The molecule has 0 aromatic heterocycles. The number of aliphatic carboxylic acids is 1. The lowest BCUT2D eigenvalue weighted by Gasteiger charge is -2.08. The summed E-state index contributed by atoms with van der Waals surface area (Å²) in [6, 6.07) is 6.49. The second-order valence-corrected chi connectivity index (χ2v) is 4.15. The van der Waals surface area contributed by atoms with Crippen LogP contribution in [0.2, 0.25) is 0 Å². The molecule has 8 nitrogen and oxygen atoms in total. The zero-order valence-corrected chi connectivity index (χ0v) is 12.0. The van der Waals surface area contributed by atoms with Crippen LogP contribution in [0.5, 0.6) is 5.75 Å². The fourth-order valence-electron chi connectivity index (χ4n) is 1.39. The van der Waals surface area contributed by atoms with E-state index in [-0.39, 0.29) is 5.75 Å². The van der Waals surface area contributed by atoms with E-state index in [1.807, 2.05) is 6.92 Å². The SMILES string of the molecule is CCCNC(=O)C(=O)N/N=C\c1ccccc1OCC(=O)[O-]. The second kappa shape index (κ2) is 9.11. The van der Waals surface area contributed by atoms with Crippen molar-refractivity contribution in [2.45, 2.75) is 13.3 Å². The third-order valence-corrected chi connectivity index (χ3v) is 2.38. The lowest BCUT2D eigenvalue weighted by Crippen LogP contribution is -2.38. The number of nitrogens with zero attached hydrogens (tertiary/aromatic N) is 1. The van der Waals surface area contributed by atoms with Crippen LogP contribution in [0, 0.1) is 0 Å². The predicted molar refractivity (Wildman–Crippen MR) is 76.0 cm³/mol. The van der Waals surface area contributed by atoms with Crippen molar-refractivity contribution in [3.05, 3.63) is 29.8 Å². The third-order valence-electron chi connectivity index (χ3n) is 2.38. The van der Waals surface area contributed by atoms with Crippen molar-refractivity contribution in [1.29, 1.82) is 0 Å². The normalized spacial score (nSPS) is 10.2. The van der Waals surface area contributed by atoms with E-state index in [0.717, 1.165) is 0 Å². The van der Waals surface area contributed by atoms with Crippen LogP contribution in [0.15, 0.2) is 29.4 Å². The molecule has 0 heterocycles. The molecule has 0 aliphatic heterocycles. The molecule has 0 unspecified atom stereocenters. The van der Waals surface area contributed by atoms with E-state index in [2.05, 4.69) is 15.8 Å². The maximum Gasteiger partial charge on any atom is 0.329 e. The Labute approximate surface area is 127 Å².